The highest BCUT2D eigenvalue weighted by molar-refractivity contribution is 5.65. The number of fused-ring (bicyclic) bond motifs is 1. The van der Waals surface area contributed by atoms with Crippen molar-refractivity contribution in [2.24, 2.45) is 11.8 Å². The van der Waals surface area contributed by atoms with E-state index in [4.69, 9.17) is 10.1 Å². The van der Waals surface area contributed by atoms with Gasteiger partial charge in [-0.3, -0.25) is 0 Å². The van der Waals surface area contributed by atoms with Gasteiger partial charge in [-0.1, -0.05) is 91.8 Å². The minimum Gasteiger partial charge on any atom is -0.391 e. The molecule has 1 aliphatic heterocycles. The Labute approximate surface area is 240 Å². The lowest BCUT2D eigenvalue weighted by Crippen LogP contribution is -2.34. The summed E-state index contributed by atoms with van der Waals surface area (Å²) in [4.78, 5) is 7.50. The van der Waals surface area contributed by atoms with Crippen LogP contribution in [0, 0.1) is 11.8 Å². The molecule has 1 aromatic carbocycles. The maximum Gasteiger partial charge on any atom is 0.129 e. The van der Waals surface area contributed by atoms with E-state index in [1.165, 1.54) is 74.5 Å². The quantitative estimate of drug-likeness (QED) is 0.416. The molecule has 0 amide bonds. The van der Waals surface area contributed by atoms with Gasteiger partial charge in [0.2, 0.25) is 0 Å². The lowest BCUT2D eigenvalue weighted by molar-refractivity contribution is 0.102. The van der Waals surface area contributed by atoms with Crippen LogP contribution in [0.4, 0.5) is 5.82 Å². The fourth-order valence-electron chi connectivity index (χ4n) is 6.05. The molecule has 1 aromatic heterocycles. The Morgan fingerprint density at radius 2 is 1.31 bits per heavy atom. The molecule has 1 saturated heterocycles. The van der Waals surface area contributed by atoms with Gasteiger partial charge in [0.1, 0.15) is 5.82 Å². The Morgan fingerprint density at radius 1 is 0.769 bits per heavy atom. The number of hydrogen-bond donors (Lipinski definition) is 1. The predicted molar refractivity (Wildman–Crippen MR) is 170 cm³/mol. The van der Waals surface area contributed by atoms with Gasteiger partial charge in [-0.25, -0.2) is 4.98 Å². The van der Waals surface area contributed by atoms with Gasteiger partial charge in [0.05, 0.1) is 11.3 Å². The number of pyridine rings is 1. The van der Waals surface area contributed by atoms with Crippen molar-refractivity contribution >= 4 is 5.82 Å². The van der Waals surface area contributed by atoms with Gasteiger partial charge >= 0.3 is 0 Å². The molecule has 2 aromatic rings. The number of rotatable bonds is 2. The number of aliphatic hydroxyl groups is 1. The smallest absolute Gasteiger partial charge is 0.129 e. The van der Waals surface area contributed by atoms with Crippen LogP contribution in [0.5, 0.6) is 0 Å². The standard InChI is InChI=1S/C25H34N2.C7H14.C4H10O/c1-18-11-15-27(16-12-18)23-8-6-7-22(26-23)19-9-10-20-21(17-19)25(4,5)14-13-24(20,2)3;1-7-5-3-2-4-6-7;1-4(2,3)5/h6-10,17-18H,11-16H2,1-5H3;7H,2-6H2,1H3;5H,1-3H3. The van der Waals surface area contributed by atoms with Crippen molar-refractivity contribution in [3.8, 4) is 11.3 Å². The third kappa shape index (κ3) is 9.62. The second kappa shape index (κ2) is 13.2. The molecule has 0 spiro atoms. The average Bonchev–Trinajstić information content (AvgIpc) is 2.87. The Kier molecular flexibility index (Phi) is 10.7. The van der Waals surface area contributed by atoms with Gasteiger partial charge in [-0.05, 0) is 98.4 Å². The fraction of sp³-hybridized carbons (Fsp3) is 0.694. The molecule has 0 radical (unpaired) electrons. The fourth-order valence-corrected chi connectivity index (χ4v) is 6.05. The maximum absolute atomic E-state index is 8.52. The third-order valence-electron chi connectivity index (χ3n) is 8.88. The summed E-state index contributed by atoms with van der Waals surface area (Å²) in [5.41, 5.74) is 5.39. The molecule has 2 heterocycles. The summed E-state index contributed by atoms with van der Waals surface area (Å²) in [6, 6.07) is 13.6. The van der Waals surface area contributed by atoms with Crippen molar-refractivity contribution in [2.75, 3.05) is 18.0 Å². The first-order valence-electron chi connectivity index (χ1n) is 15.8. The van der Waals surface area contributed by atoms with Crippen LogP contribution < -0.4 is 4.90 Å². The molecule has 0 unspecified atom stereocenters. The molecular formula is C36H58N2O. The SMILES string of the molecule is CC(C)(C)O.CC1CCCCC1.CC1CCN(c2cccc(-c3ccc4c(c3)C(C)(C)CCC4(C)C)n2)CC1. The van der Waals surface area contributed by atoms with Crippen LogP contribution in [0.3, 0.4) is 0 Å². The Bertz CT molecular complexity index is 1030. The van der Waals surface area contributed by atoms with Crippen LogP contribution in [0.2, 0.25) is 0 Å². The summed E-state index contributed by atoms with van der Waals surface area (Å²) in [6.07, 6.45) is 12.5. The van der Waals surface area contributed by atoms with Gasteiger partial charge in [-0.15, -0.1) is 0 Å². The van der Waals surface area contributed by atoms with E-state index in [0.29, 0.717) is 0 Å². The second-order valence-electron chi connectivity index (χ2n) is 15.0. The summed E-state index contributed by atoms with van der Waals surface area (Å²) in [5.74, 6) is 3.01. The van der Waals surface area contributed by atoms with Gasteiger partial charge in [0, 0.05) is 18.7 Å². The topological polar surface area (TPSA) is 36.4 Å². The molecule has 3 nitrogen and oxygen atoms in total. The van der Waals surface area contributed by atoms with Crippen molar-refractivity contribution in [2.45, 2.75) is 137 Å². The highest BCUT2D eigenvalue weighted by Crippen LogP contribution is 2.46. The van der Waals surface area contributed by atoms with Gasteiger partial charge in [0.25, 0.3) is 0 Å². The highest BCUT2D eigenvalue weighted by Gasteiger charge is 2.37. The zero-order valence-electron chi connectivity index (χ0n) is 26.7. The number of anilines is 1. The minimum atomic E-state index is -0.500. The van der Waals surface area contributed by atoms with Crippen molar-refractivity contribution < 1.29 is 5.11 Å². The number of piperidine rings is 1. The van der Waals surface area contributed by atoms with Crippen molar-refractivity contribution in [3.05, 3.63) is 47.5 Å². The summed E-state index contributed by atoms with van der Waals surface area (Å²) in [6.45, 7) is 21.8. The molecule has 1 N–H and O–H groups in total. The van der Waals surface area contributed by atoms with Crippen molar-refractivity contribution in [3.63, 3.8) is 0 Å². The van der Waals surface area contributed by atoms with Crippen LogP contribution in [-0.2, 0) is 10.8 Å². The van der Waals surface area contributed by atoms with Crippen LogP contribution in [0.1, 0.15) is 131 Å². The Balaban J connectivity index is 0.000000291. The largest absolute Gasteiger partial charge is 0.391 e. The molecule has 5 rings (SSSR count). The molecule has 2 aliphatic carbocycles. The number of nitrogens with zero attached hydrogens (tertiary/aromatic N) is 2. The average molecular weight is 535 g/mol. The number of aromatic nitrogens is 1. The molecule has 218 valence electrons. The monoisotopic (exact) mass is 534 g/mol. The third-order valence-corrected chi connectivity index (χ3v) is 8.88. The Hall–Kier alpha value is -1.87. The van der Waals surface area contributed by atoms with Gasteiger partial charge in [0.15, 0.2) is 0 Å². The number of benzene rings is 1. The molecule has 3 aliphatic rings. The molecule has 2 fully saturated rings. The van der Waals surface area contributed by atoms with Crippen LogP contribution in [-0.4, -0.2) is 28.8 Å². The maximum atomic E-state index is 8.52. The van der Waals surface area contributed by atoms with E-state index in [-0.39, 0.29) is 10.8 Å². The molecule has 39 heavy (non-hydrogen) atoms. The molecule has 0 bridgehead atoms. The molecule has 0 atom stereocenters. The molecule has 3 heteroatoms. The molecule has 1 saturated carbocycles. The van der Waals surface area contributed by atoms with E-state index in [0.717, 1.165) is 36.4 Å². The predicted octanol–water partition coefficient (Wildman–Crippen LogP) is 9.70. The second-order valence-corrected chi connectivity index (χ2v) is 15.0. The van der Waals surface area contributed by atoms with Crippen LogP contribution >= 0.6 is 0 Å². The summed E-state index contributed by atoms with van der Waals surface area (Å²) in [7, 11) is 0. The van der Waals surface area contributed by atoms with Crippen molar-refractivity contribution in [1.82, 2.24) is 4.98 Å². The summed E-state index contributed by atoms with van der Waals surface area (Å²) < 4.78 is 0. The zero-order valence-corrected chi connectivity index (χ0v) is 26.7. The van der Waals surface area contributed by atoms with Crippen molar-refractivity contribution in [1.29, 1.82) is 0 Å². The van der Waals surface area contributed by atoms with E-state index in [1.54, 1.807) is 20.8 Å². The van der Waals surface area contributed by atoms with E-state index in [9.17, 15) is 0 Å². The summed E-state index contributed by atoms with van der Waals surface area (Å²) >= 11 is 0. The van der Waals surface area contributed by atoms with E-state index in [2.05, 4.69) is 82.8 Å². The first kappa shape index (κ1) is 31.7. The molecular weight excluding hydrogens is 476 g/mol. The zero-order chi connectivity index (χ0) is 28.8. The highest BCUT2D eigenvalue weighted by atomic mass is 16.3. The summed E-state index contributed by atoms with van der Waals surface area (Å²) in [5, 5.41) is 8.52. The van der Waals surface area contributed by atoms with Gasteiger partial charge in [-0.2, -0.15) is 0 Å². The van der Waals surface area contributed by atoms with Crippen LogP contribution in [0.15, 0.2) is 36.4 Å². The minimum absolute atomic E-state index is 0.238. The first-order valence-corrected chi connectivity index (χ1v) is 15.8. The van der Waals surface area contributed by atoms with Crippen LogP contribution in [0.25, 0.3) is 11.3 Å². The van der Waals surface area contributed by atoms with Gasteiger partial charge < -0.3 is 10.0 Å². The lowest BCUT2D eigenvalue weighted by atomic mass is 9.63. The Morgan fingerprint density at radius 3 is 1.85 bits per heavy atom. The van der Waals surface area contributed by atoms with E-state index in [1.807, 2.05) is 0 Å². The first-order chi connectivity index (χ1) is 18.2. The normalized spacial score (nSPS) is 21.1. The van der Waals surface area contributed by atoms with E-state index < -0.39 is 5.60 Å². The number of hydrogen-bond acceptors (Lipinski definition) is 3. The lowest BCUT2D eigenvalue weighted by Gasteiger charge is -2.42. The van der Waals surface area contributed by atoms with E-state index >= 15 is 0 Å².